The molecule has 0 bridgehead atoms. The van der Waals surface area contributed by atoms with Crippen LogP contribution in [0.4, 0.5) is 4.39 Å². The highest BCUT2D eigenvalue weighted by Crippen LogP contribution is 2.14. The fourth-order valence-corrected chi connectivity index (χ4v) is 1.17. The smallest absolute Gasteiger partial charge is 0.354 e. The molecule has 0 spiro atoms. The fourth-order valence-electron chi connectivity index (χ4n) is 1.17. The van der Waals surface area contributed by atoms with E-state index in [1.807, 2.05) is 0 Å². The summed E-state index contributed by atoms with van der Waals surface area (Å²) in [5.74, 6) is -0.435. The van der Waals surface area contributed by atoms with Gasteiger partial charge in [-0.1, -0.05) is 0 Å². The molecule has 0 aliphatic carbocycles. The van der Waals surface area contributed by atoms with Crippen LogP contribution in [0.15, 0.2) is 33.5 Å². The van der Waals surface area contributed by atoms with Crippen LogP contribution >= 0.6 is 0 Å². The van der Waals surface area contributed by atoms with Crippen molar-refractivity contribution in [1.82, 2.24) is 0 Å². The highest BCUT2D eigenvalue weighted by Gasteiger charge is 2.04. The zero-order valence-corrected chi connectivity index (χ0v) is 6.95. The zero-order chi connectivity index (χ0) is 10.1. The van der Waals surface area contributed by atoms with Crippen LogP contribution in [-0.4, -0.2) is 0 Å². The third kappa shape index (κ3) is 1.25. The maximum atomic E-state index is 12.8. The van der Waals surface area contributed by atoms with Crippen molar-refractivity contribution >= 4 is 11.0 Å². The molecule has 2 aromatic rings. The van der Waals surface area contributed by atoms with E-state index in [1.54, 1.807) is 6.07 Å². The Morgan fingerprint density at radius 3 is 2.86 bits per heavy atom. The number of rotatable bonds is 0. The van der Waals surface area contributed by atoms with Crippen LogP contribution in [0.1, 0.15) is 5.56 Å². The first-order valence-corrected chi connectivity index (χ1v) is 3.84. The molecule has 3 nitrogen and oxygen atoms in total. The number of nitrogens with zero attached hydrogens (tertiary/aromatic N) is 1. The van der Waals surface area contributed by atoms with Crippen molar-refractivity contribution in [1.29, 1.82) is 5.26 Å². The first kappa shape index (κ1) is 8.45. The molecule has 0 saturated heterocycles. The largest absolute Gasteiger partial charge is 0.422 e. The van der Waals surface area contributed by atoms with Crippen LogP contribution < -0.4 is 5.63 Å². The van der Waals surface area contributed by atoms with Gasteiger partial charge in [0, 0.05) is 5.39 Å². The highest BCUT2D eigenvalue weighted by molar-refractivity contribution is 5.77. The fraction of sp³-hybridized carbons (Fsp3) is 0. The number of halogens is 1. The van der Waals surface area contributed by atoms with Gasteiger partial charge in [-0.25, -0.2) is 9.18 Å². The molecule has 0 N–H and O–H groups in total. The van der Waals surface area contributed by atoms with E-state index in [-0.39, 0.29) is 11.1 Å². The molecule has 68 valence electrons. The minimum Gasteiger partial charge on any atom is -0.422 e. The van der Waals surface area contributed by atoms with Crippen LogP contribution in [0, 0.1) is 17.1 Å². The van der Waals surface area contributed by atoms with Crippen molar-refractivity contribution in [3.05, 3.63) is 46.1 Å². The normalized spacial score (nSPS) is 10.0. The van der Waals surface area contributed by atoms with Gasteiger partial charge in [0.2, 0.25) is 0 Å². The summed E-state index contributed by atoms with van der Waals surface area (Å²) in [7, 11) is 0. The van der Waals surface area contributed by atoms with Crippen LogP contribution in [0.5, 0.6) is 0 Å². The van der Waals surface area contributed by atoms with Gasteiger partial charge >= 0.3 is 5.63 Å². The summed E-state index contributed by atoms with van der Waals surface area (Å²) >= 11 is 0. The van der Waals surface area contributed by atoms with E-state index < -0.39 is 11.4 Å². The lowest BCUT2D eigenvalue weighted by molar-refractivity contribution is 0.556. The Hall–Kier alpha value is -2.15. The van der Waals surface area contributed by atoms with Crippen LogP contribution in [0.25, 0.3) is 11.0 Å². The van der Waals surface area contributed by atoms with Crippen LogP contribution in [-0.2, 0) is 0 Å². The number of fused-ring (bicyclic) bond motifs is 1. The zero-order valence-electron chi connectivity index (χ0n) is 6.95. The van der Waals surface area contributed by atoms with Crippen LogP contribution in [0.2, 0.25) is 0 Å². The summed E-state index contributed by atoms with van der Waals surface area (Å²) in [4.78, 5) is 11.1. The molecule has 0 unspecified atom stereocenters. The lowest BCUT2D eigenvalue weighted by atomic mass is 10.2. The molecule has 0 fully saturated rings. The molecule has 2 rings (SSSR count). The van der Waals surface area contributed by atoms with E-state index in [4.69, 9.17) is 9.68 Å². The van der Waals surface area contributed by atoms with Crippen molar-refractivity contribution in [3.8, 4) is 6.07 Å². The average Bonchev–Trinajstić information content (AvgIpc) is 2.17. The van der Waals surface area contributed by atoms with Crippen molar-refractivity contribution in [2.75, 3.05) is 0 Å². The van der Waals surface area contributed by atoms with E-state index in [2.05, 4.69) is 0 Å². The molecule has 1 aromatic heterocycles. The molecule has 0 saturated carbocycles. The summed E-state index contributed by atoms with van der Waals surface area (Å²) in [5.41, 5.74) is -0.551. The van der Waals surface area contributed by atoms with Gasteiger partial charge in [0.05, 0.1) is 0 Å². The summed E-state index contributed by atoms with van der Waals surface area (Å²) < 4.78 is 17.6. The monoisotopic (exact) mass is 189 g/mol. The molecule has 1 heterocycles. The average molecular weight is 189 g/mol. The Morgan fingerprint density at radius 2 is 2.14 bits per heavy atom. The van der Waals surface area contributed by atoms with Gasteiger partial charge in [0.1, 0.15) is 23.0 Å². The maximum absolute atomic E-state index is 12.8. The standard InChI is InChI=1S/C10H4FNO2/c11-8-1-2-9-6(4-8)3-7(5-12)10(13)14-9/h1-4H. The Labute approximate surface area is 78.0 Å². The predicted molar refractivity (Wildman–Crippen MR) is 47.2 cm³/mol. The van der Waals surface area contributed by atoms with E-state index in [1.165, 1.54) is 24.3 Å². The van der Waals surface area contributed by atoms with Gasteiger partial charge in [-0.05, 0) is 24.3 Å². The molecule has 1 aromatic carbocycles. The minimum absolute atomic E-state index is 0.122. The number of benzene rings is 1. The molecule has 0 aliphatic heterocycles. The Balaban J connectivity index is 2.89. The summed E-state index contributed by atoms with van der Waals surface area (Å²) in [6.45, 7) is 0. The Kier molecular flexibility index (Phi) is 1.79. The third-order valence-corrected chi connectivity index (χ3v) is 1.81. The lowest BCUT2D eigenvalue weighted by Gasteiger charge is -1.95. The van der Waals surface area contributed by atoms with E-state index in [0.717, 1.165) is 0 Å². The molecule has 0 atom stereocenters. The van der Waals surface area contributed by atoms with E-state index >= 15 is 0 Å². The maximum Gasteiger partial charge on any atom is 0.354 e. The molecular weight excluding hydrogens is 185 g/mol. The summed E-state index contributed by atoms with van der Waals surface area (Å²) in [5, 5.41) is 8.95. The van der Waals surface area contributed by atoms with Crippen molar-refractivity contribution in [2.24, 2.45) is 0 Å². The first-order valence-electron chi connectivity index (χ1n) is 3.84. The lowest BCUT2D eigenvalue weighted by Crippen LogP contribution is -2.02. The third-order valence-electron chi connectivity index (χ3n) is 1.81. The molecule has 4 heteroatoms. The topological polar surface area (TPSA) is 54.0 Å². The SMILES string of the molecule is N#Cc1cc2cc(F)ccc2oc1=O. The molecule has 14 heavy (non-hydrogen) atoms. The quantitative estimate of drug-likeness (QED) is 0.594. The van der Waals surface area contributed by atoms with Crippen LogP contribution in [0.3, 0.4) is 0 Å². The van der Waals surface area contributed by atoms with Gasteiger partial charge in [0.25, 0.3) is 0 Å². The number of nitriles is 1. The molecular formula is C10H4FNO2. The first-order chi connectivity index (χ1) is 6.70. The highest BCUT2D eigenvalue weighted by atomic mass is 19.1. The van der Waals surface area contributed by atoms with Gasteiger partial charge in [-0.15, -0.1) is 0 Å². The number of hydrogen-bond donors (Lipinski definition) is 0. The Bertz CT molecular complexity index is 595. The minimum atomic E-state index is -0.702. The van der Waals surface area contributed by atoms with Gasteiger partial charge in [-0.2, -0.15) is 5.26 Å². The van der Waals surface area contributed by atoms with Gasteiger partial charge in [0.15, 0.2) is 0 Å². The van der Waals surface area contributed by atoms with E-state index in [0.29, 0.717) is 5.39 Å². The predicted octanol–water partition coefficient (Wildman–Crippen LogP) is 1.80. The molecule has 0 amide bonds. The van der Waals surface area contributed by atoms with Crippen molar-refractivity contribution in [3.63, 3.8) is 0 Å². The molecule has 0 radical (unpaired) electrons. The van der Waals surface area contributed by atoms with Crippen molar-refractivity contribution < 1.29 is 8.81 Å². The number of hydrogen-bond acceptors (Lipinski definition) is 3. The van der Waals surface area contributed by atoms with Gasteiger partial charge < -0.3 is 4.42 Å². The Morgan fingerprint density at radius 1 is 1.36 bits per heavy atom. The van der Waals surface area contributed by atoms with Gasteiger partial charge in [-0.3, -0.25) is 0 Å². The summed E-state index contributed by atoms with van der Waals surface area (Å²) in [6, 6.07) is 6.74. The second kappa shape index (κ2) is 2.96. The second-order valence-corrected chi connectivity index (χ2v) is 2.74. The summed E-state index contributed by atoms with van der Waals surface area (Å²) in [6.07, 6.45) is 0. The second-order valence-electron chi connectivity index (χ2n) is 2.74. The van der Waals surface area contributed by atoms with Crippen molar-refractivity contribution in [2.45, 2.75) is 0 Å². The van der Waals surface area contributed by atoms with E-state index in [9.17, 15) is 9.18 Å². The molecule has 0 aliphatic rings.